The number of benzene rings is 3. The molecule has 0 N–H and O–H groups in total. The normalized spacial score (nSPS) is 14.2. The largest absolute Gasteiger partial charge is 0.497 e. The lowest BCUT2D eigenvalue weighted by atomic mass is 10.1. The van der Waals surface area contributed by atoms with Gasteiger partial charge in [-0.25, -0.2) is 15.0 Å². The van der Waals surface area contributed by atoms with Crippen molar-refractivity contribution >= 4 is 52.7 Å². The van der Waals surface area contributed by atoms with Gasteiger partial charge in [-0.05, 0) is 126 Å². The Balaban J connectivity index is 0.000000194. The summed E-state index contributed by atoms with van der Waals surface area (Å²) >= 11 is 0. The van der Waals surface area contributed by atoms with Gasteiger partial charge in [0, 0.05) is 121 Å². The first-order chi connectivity index (χ1) is 44.2. The van der Waals surface area contributed by atoms with Crippen LogP contribution in [0.2, 0.25) is 0 Å². The molecule has 0 radical (unpaired) electrons. The van der Waals surface area contributed by atoms with Crippen LogP contribution >= 0.6 is 0 Å². The van der Waals surface area contributed by atoms with Gasteiger partial charge < -0.3 is 33.6 Å². The lowest BCUT2D eigenvalue weighted by molar-refractivity contribution is -0.148. The quantitative estimate of drug-likeness (QED) is 0.0365. The summed E-state index contributed by atoms with van der Waals surface area (Å²) in [6, 6.07) is 45.2. The number of nitriles is 2. The number of rotatable bonds is 26. The first-order valence-corrected chi connectivity index (χ1v) is 31.1. The zero-order chi connectivity index (χ0) is 64.7. The summed E-state index contributed by atoms with van der Waals surface area (Å²) in [5, 5.41) is 17.9. The van der Waals surface area contributed by atoms with Crippen molar-refractivity contribution in [2.24, 2.45) is 0 Å². The number of ketones is 3. The summed E-state index contributed by atoms with van der Waals surface area (Å²) in [5.74, 6) is 2.44. The third-order valence-corrected chi connectivity index (χ3v) is 15.5. The van der Waals surface area contributed by atoms with E-state index >= 15 is 0 Å². The smallest absolute Gasteiger partial charge is 0.306 e. The third-order valence-electron chi connectivity index (χ3n) is 15.5. The Bertz CT molecular complexity index is 3420. The maximum absolute atomic E-state index is 11.7. The monoisotopic (exact) mass is 1240 g/mol. The minimum atomic E-state index is -0.312. The molecule has 91 heavy (non-hydrogen) atoms. The van der Waals surface area contributed by atoms with Crippen molar-refractivity contribution in [1.29, 1.82) is 10.5 Å². The number of hydrogen-bond donors (Lipinski definition) is 0. The number of nitrogens with zero attached hydrogens (tertiary/aromatic N) is 11. The van der Waals surface area contributed by atoms with Gasteiger partial charge in [0.1, 0.15) is 43.0 Å². The van der Waals surface area contributed by atoms with Gasteiger partial charge in [-0.2, -0.15) is 10.5 Å². The van der Waals surface area contributed by atoms with E-state index in [9.17, 15) is 28.8 Å². The van der Waals surface area contributed by atoms with E-state index in [0.29, 0.717) is 36.8 Å². The average Bonchev–Trinajstić information content (AvgIpc) is 1.25. The molecule has 0 unspecified atom stereocenters. The van der Waals surface area contributed by atoms with E-state index in [2.05, 4.69) is 41.5 Å². The molecule has 21 nitrogen and oxygen atoms in total. The molecule has 3 aromatic carbocycles. The van der Waals surface area contributed by atoms with E-state index in [1.807, 2.05) is 103 Å². The highest BCUT2D eigenvalue weighted by atomic mass is 16.5. The van der Waals surface area contributed by atoms with E-state index in [4.69, 9.17) is 44.4 Å². The number of pyridine rings is 3. The average molecular weight is 1240 g/mol. The van der Waals surface area contributed by atoms with Gasteiger partial charge in [-0.3, -0.25) is 43.5 Å². The van der Waals surface area contributed by atoms with E-state index in [-0.39, 0.29) is 55.1 Å². The van der Waals surface area contributed by atoms with Crippen molar-refractivity contribution in [2.75, 3.05) is 140 Å². The second-order valence-electron chi connectivity index (χ2n) is 22.3. The van der Waals surface area contributed by atoms with Crippen molar-refractivity contribution in [3.8, 4) is 51.7 Å². The number of Topliss-reactive ketones (excluding diaryl/α,β-unsaturated/α-hetero) is 3. The maximum atomic E-state index is 11.7. The fourth-order valence-corrected chi connectivity index (χ4v) is 10.3. The maximum Gasteiger partial charge on any atom is 0.306 e. The summed E-state index contributed by atoms with van der Waals surface area (Å²) in [6.07, 6.45) is 3.60. The fraction of sp³-hybridized carbons (Fsp3) is 0.414. The summed E-state index contributed by atoms with van der Waals surface area (Å²) in [7, 11) is 1.66. The molecule has 9 rings (SSSR count). The van der Waals surface area contributed by atoms with E-state index in [1.54, 1.807) is 38.3 Å². The molecule has 3 aliphatic rings. The Morgan fingerprint density at radius 1 is 0.440 bits per heavy atom. The van der Waals surface area contributed by atoms with Crippen LogP contribution in [-0.4, -0.2) is 190 Å². The number of ether oxygens (including phenoxy) is 4. The number of methoxy groups -OCH3 is 1. The number of piperazine rings is 3. The molecule has 6 aromatic rings. The molecule has 0 saturated carbocycles. The predicted octanol–water partition coefficient (Wildman–Crippen LogP) is 8.49. The summed E-state index contributed by atoms with van der Waals surface area (Å²) in [4.78, 5) is 96.1. The number of anilines is 3. The van der Waals surface area contributed by atoms with E-state index < -0.39 is 0 Å². The molecule has 0 aliphatic carbocycles. The molecule has 3 aromatic heterocycles. The van der Waals surface area contributed by atoms with Crippen molar-refractivity contribution in [3.63, 3.8) is 0 Å². The standard InChI is InChI=1S/C24H28N4O3.C23H26N4O3.C23H29N3O4/c1-2-21(29)18-31-24(30)7-4-12-27-13-15-28(16-14-27)23-6-3-5-22(26-23)20-10-8-19(17-25)9-11-20;1-18(28)17-30-23(29)6-3-11-26-12-14-27(15-13-26)22-5-2-4-21(25-22)20-9-7-19(16-24)8-10-20;1-18(27)17-30-23(28)10-5-11-25-12-14-26(15-13-25)22-9-4-8-21(24-22)19-6-3-7-20(16-19)29-2/h3,5-6,8-11H,2,4,7,12-16,18H2,1H3;2,4-5,7-10H,3,6,11-15,17H2,1H3;3-4,6-9,16H,5,10-15,17H2,1-2H3. The van der Waals surface area contributed by atoms with Gasteiger partial charge in [0.05, 0.1) is 47.5 Å². The number of carbonyl (C=O) groups excluding carboxylic acids is 6. The zero-order valence-electron chi connectivity index (χ0n) is 52.8. The number of esters is 3. The first-order valence-electron chi connectivity index (χ1n) is 31.1. The van der Waals surface area contributed by atoms with Gasteiger partial charge >= 0.3 is 17.9 Å². The molecule has 3 fully saturated rings. The molecule has 6 heterocycles. The second-order valence-corrected chi connectivity index (χ2v) is 22.3. The second kappa shape index (κ2) is 36.9. The Morgan fingerprint density at radius 2 is 0.780 bits per heavy atom. The molecule has 0 amide bonds. The Labute approximate surface area is 534 Å². The number of hydrogen-bond acceptors (Lipinski definition) is 21. The van der Waals surface area contributed by atoms with Crippen LogP contribution in [0.3, 0.4) is 0 Å². The summed E-state index contributed by atoms with van der Waals surface area (Å²) in [6.45, 7) is 17.5. The van der Waals surface area contributed by atoms with Crippen molar-refractivity contribution in [1.82, 2.24) is 29.7 Å². The van der Waals surface area contributed by atoms with Crippen LogP contribution in [0, 0.1) is 22.7 Å². The number of carbonyl (C=O) groups is 6. The predicted molar refractivity (Wildman–Crippen MR) is 348 cm³/mol. The molecule has 21 heteroatoms. The fourth-order valence-electron chi connectivity index (χ4n) is 10.3. The van der Waals surface area contributed by atoms with E-state index in [1.165, 1.54) is 13.8 Å². The van der Waals surface area contributed by atoms with Crippen molar-refractivity contribution in [2.45, 2.75) is 65.7 Å². The number of aromatic nitrogens is 3. The minimum Gasteiger partial charge on any atom is -0.497 e. The zero-order valence-corrected chi connectivity index (χ0v) is 52.8. The first kappa shape index (κ1) is 69.1. The SMILES string of the molecule is CC(=O)COC(=O)CCCN1CCN(c2cccc(-c3ccc(C#N)cc3)n2)CC1.CCC(=O)COC(=O)CCCN1CCN(c2cccc(-c3ccc(C#N)cc3)n2)CC1.COc1cccc(-c2cccc(N3CCN(CCCC(=O)OCC(C)=O)CC3)n2)c1. The molecule has 0 atom stereocenters. The van der Waals surface area contributed by atoms with Crippen molar-refractivity contribution in [3.05, 3.63) is 139 Å². The van der Waals surface area contributed by atoms with Gasteiger partial charge in [-0.15, -0.1) is 0 Å². The Kier molecular flexibility index (Phi) is 28.0. The molecule has 478 valence electrons. The molecule has 3 saturated heterocycles. The van der Waals surface area contributed by atoms with E-state index in [0.717, 1.165) is 174 Å². The topological polar surface area (TPSA) is 245 Å². The lowest BCUT2D eigenvalue weighted by Crippen LogP contribution is -2.47. The lowest BCUT2D eigenvalue weighted by Gasteiger charge is -2.35. The minimum absolute atomic E-state index is 0.0543. The highest BCUT2D eigenvalue weighted by molar-refractivity contribution is 5.82. The molecule has 3 aliphatic heterocycles. The van der Waals surface area contributed by atoms with Gasteiger partial charge in [0.25, 0.3) is 0 Å². The highest BCUT2D eigenvalue weighted by Crippen LogP contribution is 2.27. The van der Waals surface area contributed by atoms with Crippen LogP contribution in [-0.2, 0) is 43.0 Å². The van der Waals surface area contributed by atoms with Crippen molar-refractivity contribution < 1.29 is 47.7 Å². The van der Waals surface area contributed by atoms with Crippen LogP contribution in [0.5, 0.6) is 5.75 Å². The van der Waals surface area contributed by atoms with Gasteiger partial charge in [0.15, 0.2) is 17.3 Å². The van der Waals surface area contributed by atoms with Crippen LogP contribution in [0.15, 0.2) is 127 Å². The highest BCUT2D eigenvalue weighted by Gasteiger charge is 2.22. The van der Waals surface area contributed by atoms with Gasteiger partial charge in [-0.1, -0.05) is 61.5 Å². The van der Waals surface area contributed by atoms with Crippen LogP contribution in [0.25, 0.3) is 33.8 Å². The Hall–Kier alpha value is -9.41. The molecule has 0 bridgehead atoms. The van der Waals surface area contributed by atoms with Gasteiger partial charge in [0.2, 0.25) is 0 Å². The van der Waals surface area contributed by atoms with Crippen LogP contribution in [0.4, 0.5) is 17.5 Å². The molecular formula is C70H83N11O10. The summed E-state index contributed by atoms with van der Waals surface area (Å²) < 4.78 is 20.1. The summed E-state index contributed by atoms with van der Waals surface area (Å²) in [5.41, 5.74) is 7.01. The van der Waals surface area contributed by atoms with Crippen LogP contribution < -0.4 is 19.4 Å². The molecular weight excluding hydrogens is 1150 g/mol. The van der Waals surface area contributed by atoms with Crippen LogP contribution in [0.1, 0.15) is 76.8 Å². The third kappa shape index (κ3) is 23.5. The molecule has 0 spiro atoms. The Morgan fingerprint density at radius 3 is 1.11 bits per heavy atom.